The van der Waals surface area contributed by atoms with Gasteiger partial charge in [-0.2, -0.15) is 0 Å². The van der Waals surface area contributed by atoms with Crippen molar-refractivity contribution in [3.8, 4) is 0 Å². The maximum Gasteiger partial charge on any atom is 0.151 e. The predicted octanol–water partition coefficient (Wildman–Crippen LogP) is 3.78. The summed E-state index contributed by atoms with van der Waals surface area (Å²) in [6.45, 7) is 6.70. The van der Waals surface area contributed by atoms with Crippen molar-refractivity contribution in [1.82, 2.24) is 0 Å². The molecule has 1 saturated heterocycles. The van der Waals surface area contributed by atoms with Gasteiger partial charge in [-0.05, 0) is 36.5 Å². The van der Waals surface area contributed by atoms with Crippen molar-refractivity contribution in [2.45, 2.75) is 26.7 Å². The number of hydrogen-bond donors (Lipinski definition) is 0. The summed E-state index contributed by atoms with van der Waals surface area (Å²) in [5.74, 6) is 0. The van der Waals surface area contributed by atoms with Crippen LogP contribution >= 0.6 is 11.6 Å². The van der Waals surface area contributed by atoms with Crippen molar-refractivity contribution in [3.63, 3.8) is 0 Å². The lowest BCUT2D eigenvalue weighted by Crippen LogP contribution is -2.40. The molecule has 0 bridgehead atoms. The van der Waals surface area contributed by atoms with Gasteiger partial charge in [0.25, 0.3) is 0 Å². The molecule has 2 nitrogen and oxygen atoms in total. The summed E-state index contributed by atoms with van der Waals surface area (Å²) in [5.41, 5.74) is 2.04. The van der Waals surface area contributed by atoms with Gasteiger partial charge in [0.2, 0.25) is 0 Å². The first-order valence-corrected chi connectivity index (χ1v) is 6.39. The molecule has 0 aliphatic carbocycles. The van der Waals surface area contributed by atoms with Crippen LogP contribution in [0.2, 0.25) is 5.02 Å². The summed E-state index contributed by atoms with van der Waals surface area (Å²) in [5, 5.41) is 0.542. The lowest BCUT2D eigenvalue weighted by molar-refractivity contribution is 0.112. The Labute approximate surface area is 108 Å². The number of carbonyl (C=O) groups excluding carboxylic acids is 1. The third-order valence-electron chi connectivity index (χ3n) is 3.38. The van der Waals surface area contributed by atoms with E-state index >= 15 is 0 Å². The van der Waals surface area contributed by atoms with E-state index in [2.05, 4.69) is 18.7 Å². The smallest absolute Gasteiger partial charge is 0.151 e. The molecule has 0 N–H and O–H groups in total. The molecule has 1 aliphatic heterocycles. The van der Waals surface area contributed by atoms with E-state index in [9.17, 15) is 4.79 Å². The molecule has 1 aliphatic rings. The molecule has 17 heavy (non-hydrogen) atoms. The van der Waals surface area contributed by atoms with Crippen LogP contribution in [0.3, 0.4) is 0 Å². The van der Waals surface area contributed by atoms with Crippen molar-refractivity contribution in [1.29, 1.82) is 0 Å². The van der Waals surface area contributed by atoms with Gasteiger partial charge in [-0.1, -0.05) is 25.4 Å². The number of anilines is 1. The monoisotopic (exact) mass is 251 g/mol. The minimum atomic E-state index is 0.355. The zero-order chi connectivity index (χ0) is 12.5. The minimum absolute atomic E-state index is 0.355. The number of carbonyl (C=O) groups is 1. The first kappa shape index (κ1) is 12.4. The highest BCUT2D eigenvalue weighted by molar-refractivity contribution is 6.33. The Bertz CT molecular complexity index is 428. The van der Waals surface area contributed by atoms with Crippen molar-refractivity contribution < 1.29 is 4.79 Å². The molecule has 0 radical (unpaired) electrons. The molecule has 1 aromatic carbocycles. The zero-order valence-corrected chi connectivity index (χ0v) is 11.1. The van der Waals surface area contributed by atoms with Crippen LogP contribution in [0, 0.1) is 5.41 Å². The van der Waals surface area contributed by atoms with E-state index in [1.807, 2.05) is 12.1 Å². The first-order chi connectivity index (χ1) is 8.02. The van der Waals surface area contributed by atoms with E-state index in [0.29, 0.717) is 16.0 Å². The molecule has 1 fully saturated rings. The van der Waals surface area contributed by atoms with Crippen LogP contribution in [0.5, 0.6) is 0 Å². The highest BCUT2D eigenvalue weighted by Gasteiger charge is 2.26. The van der Waals surface area contributed by atoms with E-state index in [0.717, 1.165) is 25.1 Å². The zero-order valence-electron chi connectivity index (χ0n) is 10.4. The average molecular weight is 252 g/mol. The fourth-order valence-corrected chi connectivity index (χ4v) is 2.67. The number of aldehydes is 1. The second kappa shape index (κ2) is 4.69. The van der Waals surface area contributed by atoms with Gasteiger partial charge in [-0.3, -0.25) is 4.79 Å². The Kier molecular flexibility index (Phi) is 3.43. The third kappa shape index (κ3) is 2.81. The quantitative estimate of drug-likeness (QED) is 0.746. The summed E-state index contributed by atoms with van der Waals surface area (Å²) in [7, 11) is 0. The summed E-state index contributed by atoms with van der Waals surface area (Å²) >= 11 is 6.06. The van der Waals surface area contributed by atoms with Gasteiger partial charge in [-0.15, -0.1) is 0 Å². The van der Waals surface area contributed by atoms with E-state index < -0.39 is 0 Å². The number of halogens is 1. The van der Waals surface area contributed by atoms with Crippen LogP contribution in [0.4, 0.5) is 5.69 Å². The predicted molar refractivity (Wildman–Crippen MR) is 72.1 cm³/mol. The summed E-state index contributed by atoms with van der Waals surface area (Å²) in [4.78, 5) is 13.1. The Balaban J connectivity index is 2.22. The number of rotatable bonds is 2. The SMILES string of the molecule is CC1(C)CCCN(c2ccc(C=O)c(Cl)c2)C1. The Morgan fingerprint density at radius 3 is 2.76 bits per heavy atom. The van der Waals surface area contributed by atoms with Crippen molar-refractivity contribution >= 4 is 23.6 Å². The number of nitrogens with zero attached hydrogens (tertiary/aromatic N) is 1. The van der Waals surface area contributed by atoms with Crippen LogP contribution in [-0.4, -0.2) is 19.4 Å². The molecule has 92 valence electrons. The lowest BCUT2D eigenvalue weighted by Gasteiger charge is -2.39. The molecule has 1 aromatic rings. The van der Waals surface area contributed by atoms with Crippen LogP contribution in [0.25, 0.3) is 0 Å². The van der Waals surface area contributed by atoms with E-state index in [4.69, 9.17) is 11.6 Å². The topological polar surface area (TPSA) is 20.3 Å². The maximum atomic E-state index is 10.7. The Hall–Kier alpha value is -1.02. The Morgan fingerprint density at radius 2 is 2.18 bits per heavy atom. The molecule has 3 heteroatoms. The lowest BCUT2D eigenvalue weighted by atomic mass is 9.84. The maximum absolute atomic E-state index is 10.7. The van der Waals surface area contributed by atoms with Gasteiger partial charge in [-0.25, -0.2) is 0 Å². The molecule has 0 saturated carbocycles. The molecule has 0 spiro atoms. The summed E-state index contributed by atoms with van der Waals surface area (Å²) < 4.78 is 0. The fourth-order valence-electron chi connectivity index (χ4n) is 2.45. The average Bonchev–Trinajstić information content (AvgIpc) is 2.27. The van der Waals surface area contributed by atoms with Gasteiger partial charge in [0.1, 0.15) is 0 Å². The van der Waals surface area contributed by atoms with Crippen molar-refractivity contribution in [2.75, 3.05) is 18.0 Å². The molecular formula is C14H18ClNO. The number of hydrogen-bond acceptors (Lipinski definition) is 2. The van der Waals surface area contributed by atoms with E-state index in [-0.39, 0.29) is 0 Å². The fraction of sp³-hybridized carbons (Fsp3) is 0.500. The molecule has 0 atom stereocenters. The first-order valence-electron chi connectivity index (χ1n) is 6.01. The van der Waals surface area contributed by atoms with Crippen LogP contribution < -0.4 is 4.90 Å². The number of benzene rings is 1. The van der Waals surface area contributed by atoms with E-state index in [1.54, 1.807) is 6.07 Å². The van der Waals surface area contributed by atoms with E-state index in [1.165, 1.54) is 12.8 Å². The largest absolute Gasteiger partial charge is 0.371 e. The molecule has 0 aromatic heterocycles. The van der Waals surface area contributed by atoms with Crippen molar-refractivity contribution in [3.05, 3.63) is 28.8 Å². The van der Waals surface area contributed by atoms with Crippen LogP contribution in [-0.2, 0) is 0 Å². The second-order valence-corrected chi connectivity index (χ2v) is 5.92. The molecule has 0 unspecified atom stereocenters. The standard InChI is InChI=1S/C14H18ClNO/c1-14(2)6-3-7-16(10-14)12-5-4-11(9-17)13(15)8-12/h4-5,8-9H,3,6-7,10H2,1-2H3. The molecule has 2 rings (SSSR count). The highest BCUT2D eigenvalue weighted by Crippen LogP contribution is 2.32. The summed E-state index contributed by atoms with van der Waals surface area (Å²) in [6, 6.07) is 5.68. The normalized spacial score (nSPS) is 19.1. The van der Waals surface area contributed by atoms with Crippen LogP contribution in [0.1, 0.15) is 37.0 Å². The highest BCUT2D eigenvalue weighted by atomic mass is 35.5. The Morgan fingerprint density at radius 1 is 1.41 bits per heavy atom. The van der Waals surface area contributed by atoms with Gasteiger partial charge < -0.3 is 4.90 Å². The second-order valence-electron chi connectivity index (χ2n) is 5.51. The molecule has 1 heterocycles. The van der Waals surface area contributed by atoms with Gasteiger partial charge in [0.15, 0.2) is 6.29 Å². The van der Waals surface area contributed by atoms with Crippen molar-refractivity contribution in [2.24, 2.45) is 5.41 Å². The minimum Gasteiger partial charge on any atom is -0.371 e. The molecular weight excluding hydrogens is 234 g/mol. The van der Waals surface area contributed by atoms with Crippen LogP contribution in [0.15, 0.2) is 18.2 Å². The number of piperidine rings is 1. The summed E-state index contributed by atoms with van der Waals surface area (Å²) in [6.07, 6.45) is 3.27. The third-order valence-corrected chi connectivity index (χ3v) is 3.70. The van der Waals surface area contributed by atoms with Gasteiger partial charge in [0, 0.05) is 24.3 Å². The van der Waals surface area contributed by atoms with Gasteiger partial charge in [0.05, 0.1) is 5.02 Å². The van der Waals surface area contributed by atoms with Gasteiger partial charge >= 0.3 is 0 Å². The molecule has 0 amide bonds.